The molecule has 0 fully saturated rings. The molecule has 98 valence electrons. The second-order valence-corrected chi connectivity index (χ2v) is 3.80. The van der Waals surface area contributed by atoms with Gasteiger partial charge in [-0.05, 0) is 45.4 Å². The van der Waals surface area contributed by atoms with Gasteiger partial charge in [-0.2, -0.15) is 0 Å². The number of Topliss-reactive ketones (excluding diaryl/α,β-unsaturated/α-hetero) is 1. The van der Waals surface area contributed by atoms with Gasteiger partial charge in [-0.25, -0.2) is 0 Å². The second-order valence-electron chi connectivity index (χ2n) is 3.80. The highest BCUT2D eigenvalue weighted by Crippen LogP contribution is 2.05. The normalized spacial score (nSPS) is 13.9. The topological polar surface area (TPSA) is 46.2 Å². The van der Waals surface area contributed by atoms with Gasteiger partial charge in [0, 0.05) is 12.2 Å². The fourth-order valence-corrected chi connectivity index (χ4v) is 1.27. The molecule has 0 saturated carbocycles. The first-order valence-electron chi connectivity index (χ1n) is 5.98. The zero-order chi connectivity index (χ0) is 14.0. The number of aldehydes is 1. The minimum atomic E-state index is -0.225. The summed E-state index contributed by atoms with van der Waals surface area (Å²) in [5.41, 5.74) is 2.07. The van der Waals surface area contributed by atoms with E-state index in [4.69, 9.17) is 0 Å². The van der Waals surface area contributed by atoms with Crippen molar-refractivity contribution < 1.29 is 9.59 Å². The van der Waals surface area contributed by atoms with Gasteiger partial charge in [0.25, 0.3) is 0 Å². The van der Waals surface area contributed by atoms with Crippen LogP contribution in [-0.2, 0) is 9.59 Å². The van der Waals surface area contributed by atoms with E-state index in [2.05, 4.69) is 5.32 Å². The molecule has 3 heteroatoms. The van der Waals surface area contributed by atoms with Gasteiger partial charge >= 0.3 is 0 Å². The van der Waals surface area contributed by atoms with Crippen LogP contribution in [0.15, 0.2) is 47.2 Å². The Morgan fingerprint density at radius 3 is 2.39 bits per heavy atom. The number of nitrogens with one attached hydrogen (secondary N) is 1. The number of hydrogen-bond donors (Lipinski definition) is 1. The summed E-state index contributed by atoms with van der Waals surface area (Å²) in [5, 5.41) is 3.17. The third-order valence-corrected chi connectivity index (χ3v) is 2.28. The largest absolute Gasteiger partial charge is 0.389 e. The smallest absolute Gasteiger partial charge is 0.163 e. The quantitative estimate of drug-likeness (QED) is 0.247. The lowest BCUT2D eigenvalue weighted by Crippen LogP contribution is -2.08. The highest BCUT2D eigenvalue weighted by molar-refractivity contribution is 6.10. The fraction of sp³-hybridized carbons (Fsp3) is 0.333. The van der Waals surface area contributed by atoms with Crippen LogP contribution in [0.4, 0.5) is 0 Å². The van der Waals surface area contributed by atoms with Crippen molar-refractivity contribution in [1.29, 1.82) is 0 Å². The maximum atomic E-state index is 11.1. The molecule has 1 N–H and O–H groups in total. The van der Waals surface area contributed by atoms with E-state index in [1.165, 1.54) is 6.92 Å². The van der Waals surface area contributed by atoms with E-state index in [0.717, 1.165) is 17.8 Å². The van der Waals surface area contributed by atoms with E-state index >= 15 is 0 Å². The molecule has 0 heterocycles. The van der Waals surface area contributed by atoms with Gasteiger partial charge in [0.2, 0.25) is 0 Å². The highest BCUT2D eigenvalue weighted by atomic mass is 16.1. The summed E-state index contributed by atoms with van der Waals surface area (Å²) in [6, 6.07) is 0. The minimum Gasteiger partial charge on any atom is -0.389 e. The average Bonchev–Trinajstić information content (AvgIpc) is 2.33. The molecule has 0 bridgehead atoms. The number of rotatable bonds is 7. The summed E-state index contributed by atoms with van der Waals surface area (Å²) < 4.78 is 0. The van der Waals surface area contributed by atoms with Crippen LogP contribution < -0.4 is 5.32 Å². The number of ketones is 1. The molecule has 0 radical (unpaired) electrons. The first-order chi connectivity index (χ1) is 8.54. The zero-order valence-corrected chi connectivity index (χ0v) is 11.5. The molecule has 0 aromatic heterocycles. The molecule has 0 aromatic carbocycles. The molecule has 0 saturated heterocycles. The lowest BCUT2D eigenvalue weighted by molar-refractivity contribution is -0.115. The summed E-state index contributed by atoms with van der Waals surface area (Å²) >= 11 is 0. The molecule has 0 aliphatic carbocycles. The zero-order valence-electron chi connectivity index (χ0n) is 11.5. The number of carbonyl (C=O) groups is 2. The lowest BCUT2D eigenvalue weighted by atomic mass is 10.1. The molecule has 0 atom stereocenters. The molecule has 0 amide bonds. The van der Waals surface area contributed by atoms with Crippen LogP contribution in [0.3, 0.4) is 0 Å². The summed E-state index contributed by atoms with van der Waals surface area (Å²) in [7, 11) is 0. The van der Waals surface area contributed by atoms with Crippen LogP contribution in [0.2, 0.25) is 0 Å². The minimum absolute atomic E-state index is 0.181. The van der Waals surface area contributed by atoms with Crippen molar-refractivity contribution in [2.45, 2.75) is 27.7 Å². The summed E-state index contributed by atoms with van der Waals surface area (Å²) in [5.74, 6) is -0.225. The number of allylic oxidation sites excluding steroid dienone is 8. The lowest BCUT2D eigenvalue weighted by Gasteiger charge is -1.99. The standard InChI is InChI=1S/C15H21NO2/c1-5-14(10-15(11-17)13(4)18)9-7-8-12(3)16-6-2/h5,7-11,16H,6H2,1-4H3/b9-7-,12-8+,14-5+,15-10+. The van der Waals surface area contributed by atoms with E-state index in [0.29, 0.717) is 6.29 Å². The van der Waals surface area contributed by atoms with E-state index in [1.807, 2.05) is 45.1 Å². The molecule has 0 aliphatic heterocycles. The SMILES string of the molecule is C/C=C(\C=C/C=C(\C)NCC)/C=C(\C=O)C(C)=O. The van der Waals surface area contributed by atoms with E-state index in [1.54, 1.807) is 6.08 Å². The number of hydrogen-bond acceptors (Lipinski definition) is 3. The Labute approximate surface area is 109 Å². The Hall–Kier alpha value is -1.90. The number of carbonyl (C=O) groups excluding carboxylic acids is 2. The molecule has 18 heavy (non-hydrogen) atoms. The molecule has 0 aliphatic rings. The highest BCUT2D eigenvalue weighted by Gasteiger charge is 2.01. The monoisotopic (exact) mass is 247 g/mol. The predicted octanol–water partition coefficient (Wildman–Crippen LogP) is 2.72. The molecule has 0 unspecified atom stereocenters. The van der Waals surface area contributed by atoms with E-state index in [9.17, 15) is 9.59 Å². The Morgan fingerprint density at radius 1 is 1.28 bits per heavy atom. The molecule has 0 aromatic rings. The fourth-order valence-electron chi connectivity index (χ4n) is 1.27. The molecule has 3 nitrogen and oxygen atoms in total. The first-order valence-corrected chi connectivity index (χ1v) is 5.98. The second kappa shape index (κ2) is 9.16. The van der Waals surface area contributed by atoms with Crippen LogP contribution in [0.5, 0.6) is 0 Å². The average molecular weight is 247 g/mol. The summed E-state index contributed by atoms with van der Waals surface area (Å²) in [6.07, 6.45) is 9.69. The first kappa shape index (κ1) is 16.1. The van der Waals surface area contributed by atoms with Crippen LogP contribution in [-0.4, -0.2) is 18.6 Å². The van der Waals surface area contributed by atoms with Crippen LogP contribution >= 0.6 is 0 Å². The van der Waals surface area contributed by atoms with Gasteiger partial charge in [-0.3, -0.25) is 9.59 Å². The van der Waals surface area contributed by atoms with E-state index in [-0.39, 0.29) is 11.4 Å². The Kier molecular flexibility index (Phi) is 8.20. The van der Waals surface area contributed by atoms with Crippen LogP contribution in [0, 0.1) is 0 Å². The van der Waals surface area contributed by atoms with Gasteiger partial charge in [0.15, 0.2) is 12.1 Å². The van der Waals surface area contributed by atoms with Gasteiger partial charge in [-0.15, -0.1) is 0 Å². The van der Waals surface area contributed by atoms with Gasteiger partial charge in [0.1, 0.15) is 0 Å². The van der Waals surface area contributed by atoms with Crippen molar-refractivity contribution in [3.63, 3.8) is 0 Å². The summed E-state index contributed by atoms with van der Waals surface area (Å²) in [6.45, 7) is 8.13. The maximum Gasteiger partial charge on any atom is 0.163 e. The van der Waals surface area contributed by atoms with Crippen LogP contribution in [0.1, 0.15) is 27.7 Å². The van der Waals surface area contributed by atoms with E-state index < -0.39 is 0 Å². The van der Waals surface area contributed by atoms with Crippen LogP contribution in [0.25, 0.3) is 0 Å². The Balaban J connectivity index is 4.84. The Morgan fingerprint density at radius 2 is 1.94 bits per heavy atom. The van der Waals surface area contributed by atoms with Crippen molar-refractivity contribution >= 4 is 12.1 Å². The molecule has 0 rings (SSSR count). The van der Waals surface area contributed by atoms with Crippen molar-refractivity contribution in [2.75, 3.05) is 6.54 Å². The maximum absolute atomic E-state index is 11.1. The van der Waals surface area contributed by atoms with Crippen molar-refractivity contribution in [1.82, 2.24) is 5.32 Å². The van der Waals surface area contributed by atoms with Crippen molar-refractivity contribution in [2.24, 2.45) is 0 Å². The Bertz CT molecular complexity index is 412. The van der Waals surface area contributed by atoms with Crippen molar-refractivity contribution in [3.05, 3.63) is 47.2 Å². The predicted molar refractivity (Wildman–Crippen MR) is 75.2 cm³/mol. The van der Waals surface area contributed by atoms with Gasteiger partial charge < -0.3 is 5.32 Å². The van der Waals surface area contributed by atoms with Gasteiger partial charge in [0.05, 0.1) is 5.57 Å². The van der Waals surface area contributed by atoms with Crippen molar-refractivity contribution in [3.8, 4) is 0 Å². The molecular formula is C15H21NO2. The molecule has 0 spiro atoms. The third kappa shape index (κ3) is 6.63. The van der Waals surface area contributed by atoms with Gasteiger partial charge in [-0.1, -0.05) is 18.2 Å². The molecular weight excluding hydrogens is 226 g/mol. The third-order valence-electron chi connectivity index (χ3n) is 2.28. The summed E-state index contributed by atoms with van der Waals surface area (Å²) in [4.78, 5) is 21.8.